The molecule has 0 heterocycles. The minimum atomic E-state index is 0.00690. The number of benzene rings is 1. The first-order valence-electron chi connectivity index (χ1n) is 5.01. The lowest BCUT2D eigenvalue weighted by Gasteiger charge is -2.20. The Bertz CT molecular complexity index is 381. The average Bonchev–Trinajstić information content (AvgIpc) is 2.28. The summed E-state index contributed by atoms with van der Waals surface area (Å²) >= 11 is 5.89. The third-order valence-corrected chi connectivity index (χ3v) is 2.59. The van der Waals surface area contributed by atoms with Crippen LogP contribution in [-0.2, 0) is 4.79 Å². The van der Waals surface area contributed by atoms with E-state index in [-0.39, 0.29) is 5.91 Å². The highest BCUT2D eigenvalue weighted by Crippen LogP contribution is 2.25. The second-order valence-corrected chi connectivity index (χ2v) is 3.98. The number of nitrogen functional groups attached to an aromatic ring is 1. The summed E-state index contributed by atoms with van der Waals surface area (Å²) in [5, 5.41) is 3.21. The maximum absolute atomic E-state index is 11.1. The number of nitrogens with one attached hydrogen (secondary N) is 1. The minimum Gasteiger partial charge on any atom is -0.397 e. The van der Waals surface area contributed by atoms with Crippen molar-refractivity contribution in [3.63, 3.8) is 0 Å². The Hall–Kier alpha value is -1.42. The van der Waals surface area contributed by atoms with E-state index in [0.717, 1.165) is 5.69 Å². The molecule has 0 unspecified atom stereocenters. The predicted octanol–water partition coefficient (Wildman–Crippen LogP) is 1.49. The second-order valence-electron chi connectivity index (χ2n) is 3.55. The van der Waals surface area contributed by atoms with Crippen LogP contribution in [0.15, 0.2) is 18.2 Å². The number of carbonyl (C=O) groups is 1. The van der Waals surface area contributed by atoms with E-state index >= 15 is 0 Å². The quantitative estimate of drug-likeness (QED) is 0.786. The van der Waals surface area contributed by atoms with E-state index in [0.29, 0.717) is 23.7 Å². The van der Waals surface area contributed by atoms with Gasteiger partial charge in [0.05, 0.1) is 11.4 Å². The Kier molecular flexibility index (Phi) is 4.43. The third kappa shape index (κ3) is 3.31. The van der Waals surface area contributed by atoms with E-state index in [2.05, 4.69) is 5.32 Å². The molecule has 0 aromatic heterocycles. The molecule has 0 aliphatic rings. The fraction of sp³-hybridized carbons (Fsp3) is 0.364. The van der Waals surface area contributed by atoms with Crippen molar-refractivity contribution >= 4 is 28.9 Å². The van der Waals surface area contributed by atoms with Gasteiger partial charge in [-0.1, -0.05) is 11.6 Å². The molecular formula is C11H16ClN3O. The molecule has 1 amide bonds. The van der Waals surface area contributed by atoms with Gasteiger partial charge in [0, 0.05) is 32.1 Å². The molecule has 88 valence electrons. The SMILES string of the molecule is CNC(=O)CCN(C)c1cc(Cl)ccc1N. The van der Waals surface area contributed by atoms with E-state index in [9.17, 15) is 4.79 Å². The summed E-state index contributed by atoms with van der Waals surface area (Å²) in [6.07, 6.45) is 0.430. The van der Waals surface area contributed by atoms with Crippen molar-refractivity contribution < 1.29 is 4.79 Å². The molecule has 0 fully saturated rings. The summed E-state index contributed by atoms with van der Waals surface area (Å²) in [4.78, 5) is 13.0. The van der Waals surface area contributed by atoms with Crippen LogP contribution in [0, 0.1) is 0 Å². The van der Waals surface area contributed by atoms with Crippen LogP contribution in [0.2, 0.25) is 5.02 Å². The molecule has 1 aromatic rings. The number of amides is 1. The van der Waals surface area contributed by atoms with Gasteiger partial charge in [0.25, 0.3) is 0 Å². The van der Waals surface area contributed by atoms with Crippen LogP contribution in [0.3, 0.4) is 0 Å². The molecule has 0 atom stereocenters. The number of hydrogen-bond donors (Lipinski definition) is 2. The smallest absolute Gasteiger partial charge is 0.221 e. The molecule has 0 spiro atoms. The predicted molar refractivity (Wildman–Crippen MR) is 67.8 cm³/mol. The minimum absolute atomic E-state index is 0.00690. The van der Waals surface area contributed by atoms with Crippen LogP contribution in [0.5, 0.6) is 0 Å². The van der Waals surface area contributed by atoms with Crippen molar-refractivity contribution in [3.05, 3.63) is 23.2 Å². The Balaban J connectivity index is 2.68. The first-order valence-corrected chi connectivity index (χ1v) is 5.39. The van der Waals surface area contributed by atoms with Gasteiger partial charge in [0.1, 0.15) is 0 Å². The second kappa shape index (κ2) is 5.61. The average molecular weight is 242 g/mol. The molecule has 0 aliphatic carbocycles. The number of rotatable bonds is 4. The molecule has 0 radical (unpaired) electrons. The molecule has 4 nitrogen and oxygen atoms in total. The van der Waals surface area contributed by atoms with Gasteiger partial charge >= 0.3 is 0 Å². The van der Waals surface area contributed by atoms with Crippen molar-refractivity contribution in [1.29, 1.82) is 0 Å². The van der Waals surface area contributed by atoms with Gasteiger partial charge in [-0.05, 0) is 18.2 Å². The molecule has 1 aromatic carbocycles. The number of nitrogens with two attached hydrogens (primary N) is 1. The van der Waals surface area contributed by atoms with Crippen LogP contribution < -0.4 is 16.0 Å². The van der Waals surface area contributed by atoms with Gasteiger partial charge in [-0.2, -0.15) is 0 Å². The lowest BCUT2D eigenvalue weighted by Crippen LogP contribution is -2.26. The van der Waals surface area contributed by atoms with Crippen LogP contribution in [0.4, 0.5) is 11.4 Å². The lowest BCUT2D eigenvalue weighted by molar-refractivity contribution is -0.120. The lowest BCUT2D eigenvalue weighted by atomic mass is 10.2. The Morgan fingerprint density at radius 3 is 2.88 bits per heavy atom. The highest BCUT2D eigenvalue weighted by molar-refractivity contribution is 6.31. The first kappa shape index (κ1) is 12.6. The Morgan fingerprint density at radius 1 is 1.56 bits per heavy atom. The highest BCUT2D eigenvalue weighted by Gasteiger charge is 2.07. The third-order valence-electron chi connectivity index (χ3n) is 2.36. The topological polar surface area (TPSA) is 58.4 Å². The fourth-order valence-corrected chi connectivity index (χ4v) is 1.53. The number of anilines is 2. The number of carbonyl (C=O) groups excluding carboxylic acids is 1. The van der Waals surface area contributed by atoms with Crippen LogP contribution >= 0.6 is 11.6 Å². The molecule has 16 heavy (non-hydrogen) atoms. The molecule has 1 rings (SSSR count). The number of hydrogen-bond acceptors (Lipinski definition) is 3. The Labute approximate surface area is 100 Å². The van der Waals surface area contributed by atoms with Crippen LogP contribution in [0.1, 0.15) is 6.42 Å². The zero-order valence-corrected chi connectivity index (χ0v) is 10.2. The van der Waals surface area contributed by atoms with Gasteiger partial charge in [0.2, 0.25) is 5.91 Å². The van der Waals surface area contributed by atoms with Crippen LogP contribution in [-0.4, -0.2) is 26.5 Å². The van der Waals surface area contributed by atoms with E-state index in [4.69, 9.17) is 17.3 Å². The van der Waals surface area contributed by atoms with E-state index in [1.807, 2.05) is 11.9 Å². The zero-order chi connectivity index (χ0) is 12.1. The van der Waals surface area contributed by atoms with Gasteiger partial charge in [-0.15, -0.1) is 0 Å². The van der Waals surface area contributed by atoms with E-state index in [1.165, 1.54) is 0 Å². The molecule has 0 saturated carbocycles. The molecule has 0 aliphatic heterocycles. The van der Waals surface area contributed by atoms with E-state index in [1.54, 1.807) is 25.2 Å². The largest absolute Gasteiger partial charge is 0.397 e. The van der Waals surface area contributed by atoms with Crippen molar-refractivity contribution in [1.82, 2.24) is 5.32 Å². The monoisotopic (exact) mass is 241 g/mol. The summed E-state index contributed by atoms with van der Waals surface area (Å²) in [5.74, 6) is 0.00690. The molecule has 5 heteroatoms. The summed E-state index contributed by atoms with van der Waals surface area (Å²) in [6.45, 7) is 0.601. The van der Waals surface area contributed by atoms with Crippen LogP contribution in [0.25, 0.3) is 0 Å². The van der Waals surface area contributed by atoms with Gasteiger partial charge in [0.15, 0.2) is 0 Å². The van der Waals surface area contributed by atoms with Gasteiger partial charge < -0.3 is 16.0 Å². The summed E-state index contributed by atoms with van der Waals surface area (Å²) < 4.78 is 0. The van der Waals surface area contributed by atoms with Crippen molar-refractivity contribution in [2.24, 2.45) is 0 Å². The van der Waals surface area contributed by atoms with Gasteiger partial charge in [-0.3, -0.25) is 4.79 Å². The molecular weight excluding hydrogens is 226 g/mol. The maximum Gasteiger partial charge on any atom is 0.221 e. The normalized spacial score (nSPS) is 9.94. The Morgan fingerprint density at radius 2 is 2.25 bits per heavy atom. The summed E-state index contributed by atoms with van der Waals surface area (Å²) in [5.41, 5.74) is 7.33. The standard InChI is InChI=1S/C11H16ClN3O/c1-14-11(16)5-6-15(2)10-7-8(12)3-4-9(10)13/h3-4,7H,5-6,13H2,1-2H3,(H,14,16). The summed E-state index contributed by atoms with van der Waals surface area (Å²) in [7, 11) is 3.50. The van der Waals surface area contributed by atoms with E-state index < -0.39 is 0 Å². The van der Waals surface area contributed by atoms with Crippen molar-refractivity contribution in [2.75, 3.05) is 31.3 Å². The fourth-order valence-electron chi connectivity index (χ4n) is 1.36. The molecule has 3 N–H and O–H groups in total. The highest BCUT2D eigenvalue weighted by atomic mass is 35.5. The molecule has 0 saturated heterocycles. The summed E-state index contributed by atoms with van der Waals surface area (Å²) in [6, 6.07) is 5.29. The molecule has 0 bridgehead atoms. The zero-order valence-electron chi connectivity index (χ0n) is 9.46. The first-order chi connectivity index (χ1) is 7.54. The number of nitrogens with zero attached hydrogens (tertiary/aromatic N) is 1. The van der Waals surface area contributed by atoms with Gasteiger partial charge in [-0.25, -0.2) is 0 Å². The van der Waals surface area contributed by atoms with Crippen molar-refractivity contribution in [2.45, 2.75) is 6.42 Å². The van der Waals surface area contributed by atoms with Crippen molar-refractivity contribution in [3.8, 4) is 0 Å². The number of halogens is 1. The maximum atomic E-state index is 11.1.